The van der Waals surface area contributed by atoms with Gasteiger partial charge in [-0.15, -0.1) is 0 Å². The number of methoxy groups -OCH3 is 1. The number of Topliss-reactive ketones (excluding diaryl/α,β-unsaturated/α-hetero) is 1. The van der Waals surface area contributed by atoms with Gasteiger partial charge >= 0.3 is 0 Å². The summed E-state index contributed by atoms with van der Waals surface area (Å²) >= 11 is 6.56. The van der Waals surface area contributed by atoms with Gasteiger partial charge in [-0.2, -0.15) is 5.26 Å². The average Bonchev–Trinajstić information content (AvgIpc) is 3.20. The number of halogens is 1. The lowest BCUT2D eigenvalue weighted by Crippen LogP contribution is -2.30. The molecule has 0 spiro atoms. The Bertz CT molecular complexity index is 1620. The maximum Gasteiger partial charge on any atom is 0.271 e. The van der Waals surface area contributed by atoms with Gasteiger partial charge in [0, 0.05) is 13.0 Å². The summed E-state index contributed by atoms with van der Waals surface area (Å²) in [6.45, 7) is 1.45. The van der Waals surface area contributed by atoms with E-state index >= 15 is 0 Å². The molecule has 1 N–H and O–H groups in total. The van der Waals surface area contributed by atoms with E-state index in [-0.39, 0.29) is 48.5 Å². The van der Waals surface area contributed by atoms with Crippen molar-refractivity contribution in [1.29, 1.82) is 5.26 Å². The SMILES string of the molecule is COc1ccc(/C=C2\SC(=S)N(CCCC(=O)c3c(C)c(C#N)c(=O)n(Cc4ccc(F)cc4)c3O)C2=O)cc1. The number of rotatable bonds is 9. The zero-order valence-corrected chi connectivity index (χ0v) is 23.3. The first-order valence-electron chi connectivity index (χ1n) is 12.2. The van der Waals surface area contributed by atoms with Crippen LogP contribution in [0.5, 0.6) is 11.6 Å². The maximum absolute atomic E-state index is 13.3. The highest BCUT2D eigenvalue weighted by Crippen LogP contribution is 2.33. The highest BCUT2D eigenvalue weighted by Gasteiger charge is 2.32. The van der Waals surface area contributed by atoms with Crippen LogP contribution >= 0.6 is 24.0 Å². The van der Waals surface area contributed by atoms with Gasteiger partial charge in [0.2, 0.25) is 5.88 Å². The Balaban J connectivity index is 1.49. The number of aromatic hydroxyl groups is 1. The molecule has 2 aromatic carbocycles. The number of nitriles is 1. The second kappa shape index (κ2) is 12.3. The number of amides is 1. The van der Waals surface area contributed by atoms with Crippen molar-refractivity contribution >= 4 is 46.1 Å². The van der Waals surface area contributed by atoms with Crippen LogP contribution < -0.4 is 10.3 Å². The van der Waals surface area contributed by atoms with E-state index in [1.807, 2.05) is 18.2 Å². The quantitative estimate of drug-likeness (QED) is 0.219. The number of aromatic nitrogens is 1. The third-order valence-electron chi connectivity index (χ3n) is 6.41. The van der Waals surface area contributed by atoms with Gasteiger partial charge in [0.05, 0.1) is 24.1 Å². The van der Waals surface area contributed by atoms with Crippen molar-refractivity contribution in [2.24, 2.45) is 0 Å². The van der Waals surface area contributed by atoms with Gasteiger partial charge in [-0.05, 0) is 60.4 Å². The van der Waals surface area contributed by atoms with Gasteiger partial charge < -0.3 is 9.84 Å². The maximum atomic E-state index is 13.3. The number of thiocarbonyl (C=S) groups is 1. The Morgan fingerprint density at radius 2 is 1.85 bits per heavy atom. The first kappa shape index (κ1) is 28.7. The van der Waals surface area contributed by atoms with Gasteiger partial charge in [0.15, 0.2) is 5.78 Å². The molecule has 0 saturated carbocycles. The number of thioether (sulfide) groups is 1. The van der Waals surface area contributed by atoms with Crippen LogP contribution in [-0.2, 0) is 11.3 Å². The van der Waals surface area contributed by atoms with Crippen LogP contribution in [-0.4, -0.2) is 44.2 Å². The molecular formula is C29H24FN3O5S2. The number of carbonyl (C=O) groups is 2. The van der Waals surface area contributed by atoms with Crippen molar-refractivity contribution in [1.82, 2.24) is 9.47 Å². The topological polar surface area (TPSA) is 113 Å². The molecule has 0 unspecified atom stereocenters. The van der Waals surface area contributed by atoms with Crippen LogP contribution in [0, 0.1) is 24.1 Å². The number of benzene rings is 2. The Hall–Kier alpha value is -4.27. The third-order valence-corrected chi connectivity index (χ3v) is 7.78. The summed E-state index contributed by atoms with van der Waals surface area (Å²) in [7, 11) is 1.57. The minimum absolute atomic E-state index is 0.0669. The van der Waals surface area contributed by atoms with E-state index in [0.29, 0.717) is 20.5 Å². The van der Waals surface area contributed by atoms with Crippen molar-refractivity contribution in [2.75, 3.05) is 13.7 Å². The summed E-state index contributed by atoms with van der Waals surface area (Å²) in [6.07, 6.45) is 1.90. The summed E-state index contributed by atoms with van der Waals surface area (Å²) in [5.74, 6) is -1.08. The molecular weight excluding hydrogens is 553 g/mol. The number of nitrogens with zero attached hydrogens (tertiary/aromatic N) is 3. The van der Waals surface area contributed by atoms with Crippen LogP contribution in [0.2, 0.25) is 0 Å². The molecule has 1 saturated heterocycles. The van der Waals surface area contributed by atoms with Gasteiger partial charge in [-0.25, -0.2) is 4.39 Å². The number of pyridine rings is 1. The molecule has 1 amide bonds. The van der Waals surface area contributed by atoms with Gasteiger partial charge in [-0.1, -0.05) is 48.2 Å². The van der Waals surface area contributed by atoms with Crippen molar-refractivity contribution < 1.29 is 23.8 Å². The lowest BCUT2D eigenvalue weighted by Gasteiger charge is -2.17. The standard InChI is InChI=1S/C29H24FN3O5S2/c1-17-22(15-31)26(35)33(16-19-5-9-20(30)10-6-19)28(37)25(17)23(34)4-3-13-32-27(36)24(40-29(32)39)14-18-7-11-21(38-2)12-8-18/h5-12,14,37H,3-4,13,16H2,1-2H3/b24-14-. The fourth-order valence-corrected chi connectivity index (χ4v) is 5.58. The molecule has 0 radical (unpaired) electrons. The minimum Gasteiger partial charge on any atom is -0.497 e. The lowest BCUT2D eigenvalue weighted by molar-refractivity contribution is -0.122. The summed E-state index contributed by atoms with van der Waals surface area (Å²) in [4.78, 5) is 40.9. The molecule has 1 aliphatic rings. The Labute approximate surface area is 239 Å². The molecule has 2 heterocycles. The molecule has 3 aromatic rings. The molecule has 0 atom stereocenters. The summed E-state index contributed by atoms with van der Waals surface area (Å²) < 4.78 is 19.8. The number of ketones is 1. The molecule has 1 aromatic heterocycles. The highest BCUT2D eigenvalue weighted by atomic mass is 32.2. The summed E-state index contributed by atoms with van der Waals surface area (Å²) in [5, 5.41) is 20.5. The Morgan fingerprint density at radius 1 is 1.18 bits per heavy atom. The van der Waals surface area contributed by atoms with Crippen LogP contribution in [0.15, 0.2) is 58.2 Å². The molecule has 1 aliphatic heterocycles. The normalized spacial score (nSPS) is 14.1. The minimum atomic E-state index is -0.750. The summed E-state index contributed by atoms with van der Waals surface area (Å²) in [6, 6.07) is 14.4. The zero-order valence-electron chi connectivity index (χ0n) is 21.6. The van der Waals surface area contributed by atoms with E-state index in [2.05, 4.69) is 0 Å². The zero-order chi connectivity index (χ0) is 29.0. The molecule has 4 rings (SSSR count). The smallest absolute Gasteiger partial charge is 0.271 e. The van der Waals surface area contributed by atoms with Gasteiger partial charge in [0.25, 0.3) is 11.5 Å². The average molecular weight is 578 g/mol. The highest BCUT2D eigenvalue weighted by molar-refractivity contribution is 8.26. The fraction of sp³-hybridized carbons (Fsp3) is 0.207. The molecule has 8 nitrogen and oxygen atoms in total. The van der Waals surface area contributed by atoms with E-state index in [4.69, 9.17) is 17.0 Å². The van der Waals surface area contributed by atoms with Crippen molar-refractivity contribution in [3.8, 4) is 17.7 Å². The molecule has 0 aliphatic carbocycles. The fourth-order valence-electron chi connectivity index (χ4n) is 4.27. The predicted octanol–water partition coefficient (Wildman–Crippen LogP) is 4.79. The van der Waals surface area contributed by atoms with E-state index in [0.717, 1.165) is 10.1 Å². The molecule has 11 heteroatoms. The van der Waals surface area contributed by atoms with E-state index < -0.39 is 23.0 Å². The Kier molecular flexibility index (Phi) is 8.82. The van der Waals surface area contributed by atoms with E-state index in [1.54, 1.807) is 25.3 Å². The van der Waals surface area contributed by atoms with Crippen LogP contribution in [0.1, 0.15) is 45.5 Å². The molecule has 40 heavy (non-hydrogen) atoms. The number of hydrogen-bond donors (Lipinski definition) is 1. The van der Waals surface area contributed by atoms with Crippen molar-refractivity contribution in [3.05, 3.63) is 97.4 Å². The van der Waals surface area contributed by atoms with Crippen molar-refractivity contribution in [2.45, 2.75) is 26.3 Å². The summed E-state index contributed by atoms with van der Waals surface area (Å²) in [5.41, 5.74) is 0.249. The number of hydrogen-bond acceptors (Lipinski definition) is 8. The number of ether oxygens (including phenoxy) is 1. The Morgan fingerprint density at radius 3 is 2.48 bits per heavy atom. The third kappa shape index (κ3) is 5.98. The van der Waals surface area contributed by atoms with Crippen LogP contribution in [0.25, 0.3) is 6.08 Å². The predicted molar refractivity (Wildman–Crippen MR) is 154 cm³/mol. The lowest BCUT2D eigenvalue weighted by atomic mass is 9.99. The largest absolute Gasteiger partial charge is 0.497 e. The van der Waals surface area contributed by atoms with Crippen LogP contribution in [0.3, 0.4) is 0 Å². The van der Waals surface area contributed by atoms with Gasteiger partial charge in [0.1, 0.15) is 27.5 Å². The number of carbonyl (C=O) groups excluding carboxylic acids is 2. The first-order valence-corrected chi connectivity index (χ1v) is 13.4. The monoisotopic (exact) mass is 577 g/mol. The van der Waals surface area contributed by atoms with Crippen molar-refractivity contribution in [3.63, 3.8) is 0 Å². The molecule has 0 bridgehead atoms. The molecule has 204 valence electrons. The molecule has 1 fully saturated rings. The second-order valence-corrected chi connectivity index (χ2v) is 10.6. The van der Waals surface area contributed by atoms with Gasteiger partial charge in [-0.3, -0.25) is 23.9 Å². The van der Waals surface area contributed by atoms with Crippen LogP contribution in [0.4, 0.5) is 4.39 Å². The first-order chi connectivity index (χ1) is 19.1. The second-order valence-electron chi connectivity index (χ2n) is 8.96. The van der Waals surface area contributed by atoms with E-state index in [1.165, 1.54) is 47.9 Å². The van der Waals surface area contributed by atoms with E-state index in [9.17, 15) is 29.1 Å².